The van der Waals surface area contributed by atoms with E-state index in [0.29, 0.717) is 5.92 Å². The van der Waals surface area contributed by atoms with Gasteiger partial charge in [0.1, 0.15) is 12.2 Å². The van der Waals surface area contributed by atoms with E-state index in [4.69, 9.17) is 0 Å². The molecule has 0 spiro atoms. The van der Waals surface area contributed by atoms with Gasteiger partial charge in [-0.1, -0.05) is 30.3 Å². The van der Waals surface area contributed by atoms with Gasteiger partial charge in [0.05, 0.1) is 0 Å². The summed E-state index contributed by atoms with van der Waals surface area (Å²) in [6, 6.07) is 10.9. The van der Waals surface area contributed by atoms with Crippen LogP contribution >= 0.6 is 0 Å². The maximum atomic E-state index is 4.04. The van der Waals surface area contributed by atoms with E-state index in [0.717, 1.165) is 18.9 Å². The predicted molar refractivity (Wildman–Crippen MR) is 79.6 cm³/mol. The van der Waals surface area contributed by atoms with Gasteiger partial charge in [-0.05, 0) is 37.8 Å². The van der Waals surface area contributed by atoms with E-state index in [-0.39, 0.29) is 0 Å². The zero-order chi connectivity index (χ0) is 13.8. The van der Waals surface area contributed by atoms with Crippen molar-refractivity contribution in [1.82, 2.24) is 19.7 Å². The van der Waals surface area contributed by atoms with Gasteiger partial charge in [-0.15, -0.1) is 10.2 Å². The molecule has 4 heteroatoms. The summed E-state index contributed by atoms with van der Waals surface area (Å²) in [5, 5.41) is 7.98. The molecule has 20 heavy (non-hydrogen) atoms. The summed E-state index contributed by atoms with van der Waals surface area (Å²) in [5.41, 5.74) is 1.48. The molecule has 0 bridgehead atoms. The lowest BCUT2D eigenvalue weighted by atomic mass is 9.91. The van der Waals surface area contributed by atoms with Gasteiger partial charge in [-0.25, -0.2) is 0 Å². The highest BCUT2D eigenvalue weighted by atomic mass is 15.3. The molecule has 4 nitrogen and oxygen atoms in total. The Hall–Kier alpha value is -1.68. The number of aromatic nitrogens is 3. The van der Waals surface area contributed by atoms with Gasteiger partial charge in [0.15, 0.2) is 0 Å². The highest BCUT2D eigenvalue weighted by Crippen LogP contribution is 2.26. The standard InChI is InChI=1S/C16H22N4/c1-14-18-17-13-20(14)11-10-19-9-5-8-16(12-19)15-6-3-2-4-7-15/h2-4,6-7,13,16H,5,8-12H2,1H3/t16-/m1/s1. The van der Waals surface area contributed by atoms with Crippen molar-refractivity contribution in [3.05, 3.63) is 48.0 Å². The molecule has 0 saturated carbocycles. The zero-order valence-electron chi connectivity index (χ0n) is 12.1. The average molecular weight is 270 g/mol. The predicted octanol–water partition coefficient (Wildman–Crippen LogP) is 2.47. The second kappa shape index (κ2) is 6.18. The van der Waals surface area contributed by atoms with Gasteiger partial charge in [0.25, 0.3) is 0 Å². The first-order valence-corrected chi connectivity index (χ1v) is 7.44. The SMILES string of the molecule is Cc1nncn1CCN1CCC[C@@H](c2ccccc2)C1. The Morgan fingerprint density at radius 3 is 2.80 bits per heavy atom. The molecule has 1 saturated heterocycles. The minimum Gasteiger partial charge on any atom is -0.317 e. The normalized spacial score (nSPS) is 20.1. The summed E-state index contributed by atoms with van der Waals surface area (Å²) in [7, 11) is 0. The Balaban J connectivity index is 1.57. The van der Waals surface area contributed by atoms with Gasteiger partial charge >= 0.3 is 0 Å². The number of nitrogens with zero attached hydrogens (tertiary/aromatic N) is 4. The molecule has 2 heterocycles. The lowest BCUT2D eigenvalue weighted by molar-refractivity contribution is 0.200. The maximum absolute atomic E-state index is 4.04. The average Bonchev–Trinajstić information content (AvgIpc) is 2.92. The van der Waals surface area contributed by atoms with Crippen molar-refractivity contribution in [2.24, 2.45) is 0 Å². The van der Waals surface area contributed by atoms with Crippen molar-refractivity contribution >= 4 is 0 Å². The van der Waals surface area contributed by atoms with Crippen molar-refractivity contribution in [2.45, 2.75) is 32.2 Å². The smallest absolute Gasteiger partial charge is 0.129 e. The fourth-order valence-corrected chi connectivity index (χ4v) is 3.04. The van der Waals surface area contributed by atoms with E-state index in [1.54, 1.807) is 0 Å². The van der Waals surface area contributed by atoms with Crippen molar-refractivity contribution in [1.29, 1.82) is 0 Å². The van der Waals surface area contributed by atoms with Crippen LogP contribution in [0.5, 0.6) is 0 Å². The highest BCUT2D eigenvalue weighted by Gasteiger charge is 2.20. The van der Waals surface area contributed by atoms with Crippen LogP contribution in [-0.4, -0.2) is 39.3 Å². The highest BCUT2D eigenvalue weighted by molar-refractivity contribution is 5.20. The van der Waals surface area contributed by atoms with Crippen molar-refractivity contribution in [3.63, 3.8) is 0 Å². The second-order valence-electron chi connectivity index (χ2n) is 5.62. The number of benzene rings is 1. The molecule has 0 amide bonds. The second-order valence-corrected chi connectivity index (χ2v) is 5.62. The summed E-state index contributed by atoms with van der Waals surface area (Å²) in [6.07, 6.45) is 4.43. The fourth-order valence-electron chi connectivity index (χ4n) is 3.04. The summed E-state index contributed by atoms with van der Waals surface area (Å²) < 4.78 is 2.13. The van der Waals surface area contributed by atoms with Crippen LogP contribution in [0.25, 0.3) is 0 Å². The molecule has 1 aliphatic heterocycles. The van der Waals surface area contributed by atoms with Gasteiger partial charge in [-0.2, -0.15) is 0 Å². The first kappa shape index (κ1) is 13.3. The Labute approximate surface area is 120 Å². The molecular formula is C16H22N4. The van der Waals surface area contributed by atoms with Crippen LogP contribution in [-0.2, 0) is 6.54 Å². The Bertz CT molecular complexity index is 534. The molecule has 1 atom stereocenters. The number of piperidine rings is 1. The third-order valence-electron chi connectivity index (χ3n) is 4.24. The molecule has 1 aliphatic rings. The number of hydrogen-bond donors (Lipinski definition) is 0. The van der Waals surface area contributed by atoms with E-state index in [2.05, 4.69) is 50.0 Å². The molecular weight excluding hydrogens is 248 g/mol. The largest absolute Gasteiger partial charge is 0.317 e. The monoisotopic (exact) mass is 270 g/mol. The van der Waals surface area contributed by atoms with E-state index in [1.807, 2.05) is 13.3 Å². The van der Waals surface area contributed by atoms with Crippen LogP contribution in [0, 0.1) is 6.92 Å². The maximum Gasteiger partial charge on any atom is 0.129 e. The molecule has 0 radical (unpaired) electrons. The van der Waals surface area contributed by atoms with Gasteiger partial charge in [0, 0.05) is 19.6 Å². The summed E-state index contributed by atoms with van der Waals surface area (Å²) >= 11 is 0. The summed E-state index contributed by atoms with van der Waals surface area (Å²) in [5.74, 6) is 1.69. The minimum atomic E-state index is 0.687. The van der Waals surface area contributed by atoms with Crippen LogP contribution < -0.4 is 0 Å². The quantitative estimate of drug-likeness (QED) is 0.856. The third-order valence-corrected chi connectivity index (χ3v) is 4.24. The minimum absolute atomic E-state index is 0.687. The molecule has 3 rings (SSSR count). The zero-order valence-corrected chi connectivity index (χ0v) is 12.1. The lowest BCUT2D eigenvalue weighted by Gasteiger charge is -2.33. The first-order valence-electron chi connectivity index (χ1n) is 7.44. The first-order chi connectivity index (χ1) is 9.83. The van der Waals surface area contributed by atoms with Gasteiger partial charge < -0.3 is 9.47 Å². The number of aryl methyl sites for hydroxylation is 1. The molecule has 0 N–H and O–H groups in total. The molecule has 0 aliphatic carbocycles. The molecule has 106 valence electrons. The molecule has 0 unspecified atom stereocenters. The van der Waals surface area contributed by atoms with Crippen LogP contribution in [0.15, 0.2) is 36.7 Å². The Kier molecular flexibility index (Phi) is 4.11. The summed E-state index contributed by atoms with van der Waals surface area (Å²) in [6.45, 7) is 6.47. The van der Waals surface area contributed by atoms with Gasteiger partial charge in [-0.3, -0.25) is 0 Å². The Morgan fingerprint density at radius 2 is 2.05 bits per heavy atom. The van der Waals surface area contributed by atoms with Gasteiger partial charge in [0.2, 0.25) is 0 Å². The Morgan fingerprint density at radius 1 is 1.20 bits per heavy atom. The number of rotatable bonds is 4. The molecule has 1 aromatic carbocycles. The van der Waals surface area contributed by atoms with E-state index < -0.39 is 0 Å². The van der Waals surface area contributed by atoms with Crippen molar-refractivity contribution in [2.75, 3.05) is 19.6 Å². The lowest BCUT2D eigenvalue weighted by Crippen LogP contribution is -2.36. The van der Waals surface area contributed by atoms with Crippen LogP contribution in [0.3, 0.4) is 0 Å². The van der Waals surface area contributed by atoms with E-state index in [9.17, 15) is 0 Å². The van der Waals surface area contributed by atoms with E-state index >= 15 is 0 Å². The fraction of sp³-hybridized carbons (Fsp3) is 0.500. The van der Waals surface area contributed by atoms with Crippen LogP contribution in [0.1, 0.15) is 30.1 Å². The van der Waals surface area contributed by atoms with E-state index in [1.165, 1.54) is 31.5 Å². The number of hydrogen-bond acceptors (Lipinski definition) is 3. The number of likely N-dealkylation sites (tertiary alicyclic amines) is 1. The van der Waals surface area contributed by atoms with Crippen LogP contribution in [0.2, 0.25) is 0 Å². The molecule has 2 aromatic rings. The summed E-state index contributed by atoms with van der Waals surface area (Å²) in [4.78, 5) is 2.57. The van der Waals surface area contributed by atoms with Crippen molar-refractivity contribution < 1.29 is 0 Å². The topological polar surface area (TPSA) is 34.0 Å². The van der Waals surface area contributed by atoms with Crippen LogP contribution in [0.4, 0.5) is 0 Å². The van der Waals surface area contributed by atoms with Crippen molar-refractivity contribution in [3.8, 4) is 0 Å². The third kappa shape index (κ3) is 3.07. The molecule has 1 aromatic heterocycles. The molecule has 1 fully saturated rings.